The Morgan fingerprint density at radius 1 is 1.26 bits per heavy atom. The summed E-state index contributed by atoms with van der Waals surface area (Å²) in [4.78, 5) is 1.45. The highest BCUT2D eigenvalue weighted by molar-refractivity contribution is 8.00. The third-order valence-electron chi connectivity index (χ3n) is 3.62. The summed E-state index contributed by atoms with van der Waals surface area (Å²) in [5.41, 5.74) is 1.46. The van der Waals surface area contributed by atoms with Crippen LogP contribution in [-0.2, 0) is 4.74 Å². The van der Waals surface area contributed by atoms with Crippen molar-refractivity contribution in [2.45, 2.75) is 49.3 Å². The van der Waals surface area contributed by atoms with E-state index in [4.69, 9.17) is 4.74 Å². The molecule has 0 amide bonds. The quantitative estimate of drug-likeness (QED) is 0.850. The number of hydrogen-bond donors (Lipinski definition) is 1. The maximum atomic E-state index is 5.45. The van der Waals surface area contributed by atoms with Crippen molar-refractivity contribution in [3.63, 3.8) is 0 Å². The van der Waals surface area contributed by atoms with Crippen molar-refractivity contribution in [2.75, 3.05) is 19.8 Å². The highest BCUT2D eigenvalue weighted by Gasteiger charge is 2.18. The number of ether oxygens (including phenoxy) is 1. The Bertz CT molecular complexity index is 377. The smallest absolute Gasteiger partial charge is 0.0476 e. The Hall–Kier alpha value is -0.510. The molecule has 0 aliphatic carbocycles. The lowest BCUT2D eigenvalue weighted by Gasteiger charge is -2.25. The first-order chi connectivity index (χ1) is 9.35. The van der Waals surface area contributed by atoms with Gasteiger partial charge in [0, 0.05) is 29.4 Å². The molecule has 2 rings (SSSR count). The van der Waals surface area contributed by atoms with E-state index in [1.54, 1.807) is 0 Å². The summed E-state index contributed by atoms with van der Waals surface area (Å²) in [6, 6.07) is 9.34. The Morgan fingerprint density at radius 2 is 2.00 bits per heavy atom. The summed E-state index contributed by atoms with van der Waals surface area (Å²) in [5, 5.41) is 4.30. The number of nitrogens with one attached hydrogen (secondary N) is 1. The molecule has 1 saturated heterocycles. The van der Waals surface area contributed by atoms with Crippen LogP contribution in [-0.4, -0.2) is 25.0 Å². The molecule has 3 heteroatoms. The second-order valence-corrected chi connectivity index (χ2v) is 6.33. The Balaban J connectivity index is 2.10. The molecule has 1 aliphatic rings. The molecule has 2 nitrogen and oxygen atoms in total. The van der Waals surface area contributed by atoms with E-state index >= 15 is 0 Å². The average Bonchev–Trinajstić information content (AvgIpc) is 2.47. The third kappa shape index (κ3) is 4.23. The summed E-state index contributed by atoms with van der Waals surface area (Å²) in [6.07, 6.45) is 3.49. The summed E-state index contributed by atoms with van der Waals surface area (Å²) < 4.78 is 5.45. The molecule has 1 heterocycles. The van der Waals surface area contributed by atoms with Gasteiger partial charge in [-0.2, -0.15) is 0 Å². The second-order valence-electron chi connectivity index (χ2n) is 4.99. The number of benzene rings is 1. The molecule has 1 aliphatic heterocycles. The van der Waals surface area contributed by atoms with Crippen LogP contribution < -0.4 is 5.32 Å². The zero-order valence-electron chi connectivity index (χ0n) is 12.0. The molecule has 0 spiro atoms. The molecule has 1 aromatic rings. The van der Waals surface area contributed by atoms with E-state index in [-0.39, 0.29) is 0 Å². The van der Waals surface area contributed by atoms with Crippen molar-refractivity contribution < 1.29 is 4.74 Å². The van der Waals surface area contributed by atoms with Gasteiger partial charge in [-0.3, -0.25) is 0 Å². The van der Waals surface area contributed by atoms with Crippen molar-refractivity contribution >= 4 is 11.8 Å². The largest absolute Gasteiger partial charge is 0.381 e. The van der Waals surface area contributed by atoms with Crippen LogP contribution in [0.2, 0.25) is 0 Å². The highest BCUT2D eigenvalue weighted by Crippen LogP contribution is 2.35. The first-order valence-corrected chi connectivity index (χ1v) is 8.29. The molecule has 106 valence electrons. The summed E-state index contributed by atoms with van der Waals surface area (Å²) >= 11 is 2.04. The van der Waals surface area contributed by atoms with E-state index in [0.29, 0.717) is 11.3 Å². The lowest BCUT2D eigenvalue weighted by Crippen LogP contribution is -2.21. The van der Waals surface area contributed by atoms with Gasteiger partial charge in [-0.15, -0.1) is 11.8 Å². The zero-order valence-corrected chi connectivity index (χ0v) is 12.8. The highest BCUT2D eigenvalue weighted by atomic mass is 32.2. The topological polar surface area (TPSA) is 21.3 Å². The van der Waals surface area contributed by atoms with Gasteiger partial charge >= 0.3 is 0 Å². The van der Waals surface area contributed by atoms with Crippen LogP contribution in [0.1, 0.15) is 44.7 Å². The number of rotatable bonds is 6. The van der Waals surface area contributed by atoms with E-state index in [0.717, 1.165) is 26.2 Å². The molecule has 0 radical (unpaired) electrons. The van der Waals surface area contributed by atoms with Crippen molar-refractivity contribution in [1.82, 2.24) is 5.32 Å². The lowest BCUT2D eigenvalue weighted by molar-refractivity contribution is 0.1000. The van der Waals surface area contributed by atoms with E-state index in [1.807, 2.05) is 11.8 Å². The monoisotopic (exact) mass is 279 g/mol. The summed E-state index contributed by atoms with van der Waals surface area (Å²) in [6.45, 7) is 7.30. The maximum Gasteiger partial charge on any atom is 0.0476 e. The van der Waals surface area contributed by atoms with Gasteiger partial charge < -0.3 is 10.1 Å². The van der Waals surface area contributed by atoms with Gasteiger partial charge in [-0.25, -0.2) is 0 Å². The van der Waals surface area contributed by atoms with Crippen LogP contribution >= 0.6 is 11.8 Å². The van der Waals surface area contributed by atoms with Gasteiger partial charge in [-0.1, -0.05) is 32.0 Å². The molecular weight excluding hydrogens is 254 g/mol. The van der Waals surface area contributed by atoms with Crippen LogP contribution in [0.4, 0.5) is 0 Å². The Labute approximate surface area is 121 Å². The van der Waals surface area contributed by atoms with Gasteiger partial charge in [0.1, 0.15) is 0 Å². The molecular formula is C16H25NOS. The van der Waals surface area contributed by atoms with Gasteiger partial charge in [-0.05, 0) is 37.4 Å². The standard InChI is InChI=1S/C16H25NOS/c1-3-15(17-4-2)14-7-5-6-8-16(14)19-13-9-11-18-12-10-13/h5-8,13,15,17H,3-4,9-12H2,1-2H3. The normalized spacial score (nSPS) is 18.4. The third-order valence-corrected chi connectivity index (χ3v) is 5.05. The fraction of sp³-hybridized carbons (Fsp3) is 0.625. The molecule has 1 atom stereocenters. The number of thioether (sulfide) groups is 1. The van der Waals surface area contributed by atoms with E-state index in [2.05, 4.69) is 43.4 Å². The number of hydrogen-bond acceptors (Lipinski definition) is 3. The predicted octanol–water partition coefficient (Wildman–Crippen LogP) is 4.02. The summed E-state index contributed by atoms with van der Waals surface area (Å²) in [5.74, 6) is 0. The molecule has 0 bridgehead atoms. The van der Waals surface area contributed by atoms with Crippen LogP contribution in [0.15, 0.2) is 29.2 Å². The molecule has 0 aromatic heterocycles. The fourth-order valence-electron chi connectivity index (χ4n) is 2.57. The molecule has 19 heavy (non-hydrogen) atoms. The fourth-order valence-corrected chi connectivity index (χ4v) is 3.86. The lowest BCUT2D eigenvalue weighted by atomic mass is 10.0. The Morgan fingerprint density at radius 3 is 2.68 bits per heavy atom. The Kier molecular flexibility index (Phi) is 6.21. The molecule has 0 saturated carbocycles. The van der Waals surface area contributed by atoms with Crippen molar-refractivity contribution in [2.24, 2.45) is 0 Å². The van der Waals surface area contributed by atoms with Gasteiger partial charge in [0.15, 0.2) is 0 Å². The van der Waals surface area contributed by atoms with Crippen molar-refractivity contribution in [1.29, 1.82) is 0 Å². The maximum absolute atomic E-state index is 5.45. The van der Waals surface area contributed by atoms with Crippen molar-refractivity contribution in [3.8, 4) is 0 Å². The first kappa shape index (κ1) is 14.9. The van der Waals surface area contributed by atoms with Crippen LogP contribution in [0.3, 0.4) is 0 Å². The van der Waals surface area contributed by atoms with Gasteiger partial charge in [0.05, 0.1) is 0 Å². The predicted molar refractivity (Wildman–Crippen MR) is 82.8 cm³/mol. The van der Waals surface area contributed by atoms with Gasteiger partial charge in [0.25, 0.3) is 0 Å². The van der Waals surface area contributed by atoms with Crippen molar-refractivity contribution in [3.05, 3.63) is 29.8 Å². The zero-order chi connectivity index (χ0) is 13.5. The van der Waals surface area contributed by atoms with Crippen LogP contribution in [0, 0.1) is 0 Å². The molecule has 1 fully saturated rings. The van der Waals surface area contributed by atoms with Crippen LogP contribution in [0.5, 0.6) is 0 Å². The SMILES string of the molecule is CCNC(CC)c1ccccc1SC1CCOCC1. The first-order valence-electron chi connectivity index (χ1n) is 7.41. The minimum atomic E-state index is 0.480. The molecule has 1 N–H and O–H groups in total. The van der Waals surface area contributed by atoms with Crippen LogP contribution in [0.25, 0.3) is 0 Å². The molecule has 1 aromatic carbocycles. The minimum Gasteiger partial charge on any atom is -0.381 e. The average molecular weight is 279 g/mol. The minimum absolute atomic E-state index is 0.480. The molecule has 1 unspecified atom stereocenters. The second kappa shape index (κ2) is 7.93. The van der Waals surface area contributed by atoms with Gasteiger partial charge in [0.2, 0.25) is 0 Å². The van der Waals surface area contributed by atoms with E-state index in [1.165, 1.54) is 23.3 Å². The summed E-state index contributed by atoms with van der Waals surface area (Å²) in [7, 11) is 0. The van der Waals surface area contributed by atoms with E-state index in [9.17, 15) is 0 Å². The van der Waals surface area contributed by atoms with E-state index < -0.39 is 0 Å².